The molecule has 13 heteroatoms. The highest BCUT2D eigenvalue weighted by atomic mass is 79.9. The average Bonchev–Trinajstić information content (AvgIpc) is 2.95. The summed E-state index contributed by atoms with van der Waals surface area (Å²) in [7, 11) is 0. The zero-order chi connectivity index (χ0) is 24.1. The van der Waals surface area contributed by atoms with Crippen LogP contribution in [-0.4, -0.2) is 40.1 Å². The lowest BCUT2D eigenvalue weighted by atomic mass is 9.97. The standard InChI is InChI=1S/C20H17BrF6N4O2/c1-10-16(11-5-12(19(22,23)24)7-13(6-11)20(25,26)27)33-18(32)31(10)9-15-14(21)8-28-17(29-15)30-3-2-4-30/h5-8,10,16H,2-4,9H2,1H3/t10-,16-/m0/s1. The number of aromatic nitrogens is 2. The Labute approximate surface area is 192 Å². The van der Waals surface area contributed by atoms with Gasteiger partial charge in [-0.25, -0.2) is 14.8 Å². The summed E-state index contributed by atoms with van der Waals surface area (Å²) in [6.45, 7) is 3.02. The van der Waals surface area contributed by atoms with Crippen LogP contribution in [0.2, 0.25) is 0 Å². The molecule has 0 N–H and O–H groups in total. The van der Waals surface area contributed by atoms with E-state index in [1.807, 2.05) is 4.90 Å². The van der Waals surface area contributed by atoms with Crippen molar-refractivity contribution < 1.29 is 35.9 Å². The van der Waals surface area contributed by atoms with E-state index in [0.717, 1.165) is 19.5 Å². The Kier molecular flexibility index (Phi) is 5.95. The lowest BCUT2D eigenvalue weighted by Crippen LogP contribution is -2.38. The van der Waals surface area contributed by atoms with E-state index in [2.05, 4.69) is 25.9 Å². The Balaban J connectivity index is 1.63. The number of rotatable bonds is 4. The number of carbonyl (C=O) groups is 1. The fraction of sp³-hybridized carbons (Fsp3) is 0.450. The molecule has 2 aromatic rings. The van der Waals surface area contributed by atoms with E-state index in [9.17, 15) is 31.1 Å². The Morgan fingerprint density at radius 1 is 1.09 bits per heavy atom. The van der Waals surface area contributed by atoms with E-state index < -0.39 is 41.7 Å². The lowest BCUT2D eigenvalue weighted by molar-refractivity contribution is -0.143. The number of alkyl halides is 6. The molecule has 0 bridgehead atoms. The van der Waals surface area contributed by atoms with Crippen LogP contribution in [-0.2, 0) is 23.6 Å². The zero-order valence-electron chi connectivity index (χ0n) is 17.0. The second kappa shape index (κ2) is 8.33. The number of anilines is 1. The van der Waals surface area contributed by atoms with Crippen LogP contribution in [0.15, 0.2) is 28.9 Å². The molecule has 0 saturated carbocycles. The fourth-order valence-corrected chi connectivity index (χ4v) is 3.95. The van der Waals surface area contributed by atoms with Gasteiger partial charge >= 0.3 is 18.4 Å². The van der Waals surface area contributed by atoms with Crippen LogP contribution < -0.4 is 4.90 Å². The van der Waals surface area contributed by atoms with E-state index >= 15 is 0 Å². The van der Waals surface area contributed by atoms with Crippen molar-refractivity contribution in [2.45, 2.75) is 44.4 Å². The van der Waals surface area contributed by atoms with Crippen LogP contribution in [0.3, 0.4) is 0 Å². The first kappa shape index (κ1) is 23.6. The SMILES string of the molecule is C[C@H]1[C@@H](c2cc(C(F)(F)F)cc(C(F)(F)F)c2)OC(=O)N1Cc1nc(N2CCC2)ncc1Br. The number of halogens is 7. The molecule has 4 rings (SSSR count). The van der Waals surface area contributed by atoms with Crippen LogP contribution in [0.25, 0.3) is 0 Å². The minimum Gasteiger partial charge on any atom is -0.439 e. The van der Waals surface area contributed by atoms with Crippen molar-refractivity contribution >= 4 is 28.0 Å². The second-order valence-corrected chi connectivity index (χ2v) is 8.67. The maximum Gasteiger partial charge on any atom is 0.416 e. The van der Waals surface area contributed by atoms with Crippen LogP contribution in [0, 0.1) is 0 Å². The molecule has 33 heavy (non-hydrogen) atoms. The van der Waals surface area contributed by atoms with Crippen LogP contribution in [0.4, 0.5) is 37.1 Å². The smallest absolute Gasteiger partial charge is 0.416 e. The summed E-state index contributed by atoms with van der Waals surface area (Å²) in [6, 6.07) is 0.347. The van der Waals surface area contributed by atoms with Gasteiger partial charge in [0, 0.05) is 19.3 Å². The molecular weight excluding hydrogens is 522 g/mol. The van der Waals surface area contributed by atoms with Gasteiger partial charge in [-0.3, -0.25) is 4.90 Å². The highest BCUT2D eigenvalue weighted by molar-refractivity contribution is 9.10. The molecule has 0 spiro atoms. The van der Waals surface area contributed by atoms with Crippen molar-refractivity contribution in [2.24, 2.45) is 0 Å². The Morgan fingerprint density at radius 2 is 1.70 bits per heavy atom. The predicted octanol–water partition coefficient (Wildman–Crippen LogP) is 5.57. The van der Waals surface area contributed by atoms with Gasteiger partial charge in [0.15, 0.2) is 0 Å². The monoisotopic (exact) mass is 538 g/mol. The molecule has 3 heterocycles. The second-order valence-electron chi connectivity index (χ2n) is 7.82. The first-order valence-electron chi connectivity index (χ1n) is 9.87. The normalized spacial score (nSPS) is 21.3. The largest absolute Gasteiger partial charge is 0.439 e. The van der Waals surface area contributed by atoms with Crippen molar-refractivity contribution in [3.8, 4) is 0 Å². The molecular formula is C20H17BrF6N4O2. The summed E-state index contributed by atoms with van der Waals surface area (Å²) in [4.78, 5) is 24.3. The average molecular weight is 539 g/mol. The Morgan fingerprint density at radius 3 is 2.21 bits per heavy atom. The van der Waals surface area contributed by atoms with E-state index in [0.29, 0.717) is 28.2 Å². The summed E-state index contributed by atoms with van der Waals surface area (Å²) < 4.78 is 85.1. The molecule has 1 aromatic carbocycles. The maximum absolute atomic E-state index is 13.2. The third-order valence-corrected chi connectivity index (χ3v) is 6.26. The van der Waals surface area contributed by atoms with Crippen molar-refractivity contribution in [3.63, 3.8) is 0 Å². The lowest BCUT2D eigenvalue weighted by Gasteiger charge is -2.31. The van der Waals surface area contributed by atoms with E-state index in [1.165, 1.54) is 18.0 Å². The number of carbonyl (C=O) groups excluding carboxylic acids is 1. The fourth-order valence-electron chi connectivity index (χ4n) is 3.64. The number of benzene rings is 1. The molecule has 0 radical (unpaired) electrons. The van der Waals surface area contributed by atoms with Crippen LogP contribution in [0.5, 0.6) is 0 Å². The number of amides is 1. The van der Waals surface area contributed by atoms with E-state index in [1.54, 1.807) is 0 Å². The molecule has 2 atom stereocenters. The molecule has 0 aliphatic carbocycles. The minimum atomic E-state index is -5.00. The number of ether oxygens (including phenoxy) is 1. The molecule has 178 valence electrons. The summed E-state index contributed by atoms with van der Waals surface area (Å²) in [6.07, 6.45) is -9.66. The topological polar surface area (TPSA) is 58.6 Å². The highest BCUT2D eigenvalue weighted by Gasteiger charge is 2.43. The number of nitrogens with zero attached hydrogens (tertiary/aromatic N) is 4. The summed E-state index contributed by atoms with van der Waals surface area (Å²) in [5, 5.41) is 0. The molecule has 1 aromatic heterocycles. The quantitative estimate of drug-likeness (QED) is 0.476. The van der Waals surface area contributed by atoms with Crippen molar-refractivity contribution in [3.05, 3.63) is 51.3 Å². The van der Waals surface area contributed by atoms with Gasteiger partial charge in [-0.05, 0) is 53.0 Å². The third kappa shape index (κ3) is 4.73. The molecule has 2 saturated heterocycles. The molecule has 2 aliphatic heterocycles. The van der Waals surface area contributed by atoms with Crippen LogP contribution >= 0.6 is 15.9 Å². The predicted molar refractivity (Wildman–Crippen MR) is 107 cm³/mol. The number of cyclic esters (lactones) is 1. The molecule has 2 aliphatic rings. The number of hydrogen-bond donors (Lipinski definition) is 0. The van der Waals surface area contributed by atoms with Gasteiger partial charge in [0.2, 0.25) is 5.95 Å². The van der Waals surface area contributed by atoms with E-state index in [-0.39, 0.29) is 18.2 Å². The minimum absolute atomic E-state index is 0.0397. The molecule has 0 unspecified atom stereocenters. The first-order chi connectivity index (χ1) is 15.3. The maximum atomic E-state index is 13.2. The summed E-state index contributed by atoms with van der Waals surface area (Å²) in [5.74, 6) is 0.476. The van der Waals surface area contributed by atoms with Gasteiger partial charge in [0.1, 0.15) is 6.10 Å². The molecule has 2 fully saturated rings. The zero-order valence-corrected chi connectivity index (χ0v) is 18.6. The van der Waals surface area contributed by atoms with Crippen molar-refractivity contribution in [2.75, 3.05) is 18.0 Å². The molecule has 1 amide bonds. The number of hydrogen-bond acceptors (Lipinski definition) is 5. The van der Waals surface area contributed by atoms with Crippen LogP contribution in [0.1, 0.15) is 41.8 Å². The van der Waals surface area contributed by atoms with Gasteiger partial charge < -0.3 is 9.64 Å². The third-order valence-electron chi connectivity index (χ3n) is 5.59. The highest BCUT2D eigenvalue weighted by Crippen LogP contribution is 2.41. The summed E-state index contributed by atoms with van der Waals surface area (Å²) in [5.41, 5.74) is -2.88. The van der Waals surface area contributed by atoms with Gasteiger partial charge in [-0.15, -0.1) is 0 Å². The van der Waals surface area contributed by atoms with Gasteiger partial charge in [0.25, 0.3) is 0 Å². The van der Waals surface area contributed by atoms with Gasteiger partial charge in [-0.2, -0.15) is 26.3 Å². The van der Waals surface area contributed by atoms with Crippen molar-refractivity contribution in [1.82, 2.24) is 14.9 Å². The van der Waals surface area contributed by atoms with Gasteiger partial charge in [-0.1, -0.05) is 0 Å². The first-order valence-corrected chi connectivity index (χ1v) is 10.7. The van der Waals surface area contributed by atoms with E-state index in [4.69, 9.17) is 4.74 Å². The van der Waals surface area contributed by atoms with Gasteiger partial charge in [0.05, 0.1) is 33.9 Å². The summed E-state index contributed by atoms with van der Waals surface area (Å²) >= 11 is 3.32. The van der Waals surface area contributed by atoms with Crippen molar-refractivity contribution in [1.29, 1.82) is 0 Å². The molecule has 6 nitrogen and oxygen atoms in total. The Bertz CT molecular complexity index is 1040. The Hall–Kier alpha value is -2.57.